The van der Waals surface area contributed by atoms with E-state index in [9.17, 15) is 0 Å². The fraction of sp³-hybridized carbons (Fsp3) is 0.357. The van der Waals surface area contributed by atoms with Gasteiger partial charge >= 0.3 is 0 Å². The average Bonchev–Trinajstić information content (AvgIpc) is 2.53. The number of furan rings is 1. The van der Waals surface area contributed by atoms with Gasteiger partial charge in [0, 0.05) is 18.0 Å². The summed E-state index contributed by atoms with van der Waals surface area (Å²) >= 11 is 0. The summed E-state index contributed by atoms with van der Waals surface area (Å²) in [6, 6.07) is 1.81. The van der Waals surface area contributed by atoms with E-state index >= 15 is 0 Å². The smallest absolute Gasteiger partial charge is 0.106 e. The molecule has 0 aliphatic carbocycles. The first kappa shape index (κ1) is 11.9. The van der Waals surface area contributed by atoms with Gasteiger partial charge in [0.2, 0.25) is 0 Å². The normalized spacial score (nSPS) is 12.8. The lowest BCUT2D eigenvalue weighted by atomic mass is 9.95. The molecule has 3 heteroatoms. The number of hydrogen-bond acceptors (Lipinski definition) is 3. The molecule has 2 N–H and O–H groups in total. The molecule has 0 aliphatic heterocycles. The van der Waals surface area contributed by atoms with Crippen molar-refractivity contribution in [2.75, 3.05) is 0 Å². The van der Waals surface area contributed by atoms with Gasteiger partial charge in [-0.1, -0.05) is 0 Å². The summed E-state index contributed by atoms with van der Waals surface area (Å²) in [7, 11) is 0. The Morgan fingerprint density at radius 3 is 2.41 bits per heavy atom. The van der Waals surface area contributed by atoms with E-state index in [0.717, 1.165) is 33.8 Å². The molecule has 2 heterocycles. The van der Waals surface area contributed by atoms with Crippen molar-refractivity contribution < 1.29 is 4.42 Å². The molecule has 0 saturated carbocycles. The molecule has 2 aromatic rings. The monoisotopic (exact) mass is 230 g/mol. The third-order valence-electron chi connectivity index (χ3n) is 3.34. The van der Waals surface area contributed by atoms with Crippen molar-refractivity contribution in [2.24, 2.45) is 5.73 Å². The second-order valence-electron chi connectivity index (χ2n) is 4.46. The van der Waals surface area contributed by atoms with Crippen LogP contribution in [0.3, 0.4) is 0 Å². The van der Waals surface area contributed by atoms with E-state index in [-0.39, 0.29) is 6.04 Å². The van der Waals surface area contributed by atoms with E-state index in [2.05, 4.69) is 11.9 Å². The van der Waals surface area contributed by atoms with Gasteiger partial charge in [0.25, 0.3) is 0 Å². The Morgan fingerprint density at radius 2 is 1.88 bits per heavy atom. The number of pyridine rings is 1. The van der Waals surface area contributed by atoms with Gasteiger partial charge in [0.1, 0.15) is 11.5 Å². The minimum atomic E-state index is -0.166. The quantitative estimate of drug-likeness (QED) is 0.863. The minimum Gasteiger partial charge on any atom is -0.466 e. The van der Waals surface area contributed by atoms with Crippen molar-refractivity contribution >= 4 is 0 Å². The standard InChI is InChI=1S/C14H18N2O/c1-8-5-6-16-7-12(8)14(15)13-9(2)10(3)17-11(13)4/h5-7,14H,15H2,1-4H3. The molecule has 0 radical (unpaired) electrons. The lowest BCUT2D eigenvalue weighted by Crippen LogP contribution is -2.15. The Bertz CT molecular complexity index is 543. The molecule has 17 heavy (non-hydrogen) atoms. The van der Waals surface area contributed by atoms with Crippen molar-refractivity contribution in [3.63, 3.8) is 0 Å². The maximum Gasteiger partial charge on any atom is 0.106 e. The zero-order chi connectivity index (χ0) is 12.6. The molecular weight excluding hydrogens is 212 g/mol. The Labute approximate surface area is 102 Å². The number of rotatable bonds is 2. The maximum atomic E-state index is 6.33. The second kappa shape index (κ2) is 4.34. The largest absolute Gasteiger partial charge is 0.466 e. The highest BCUT2D eigenvalue weighted by Gasteiger charge is 2.20. The lowest BCUT2D eigenvalue weighted by Gasteiger charge is -2.14. The molecule has 2 aromatic heterocycles. The van der Waals surface area contributed by atoms with Crippen molar-refractivity contribution in [3.05, 3.63) is 52.2 Å². The molecule has 0 aliphatic rings. The number of aromatic nitrogens is 1. The topological polar surface area (TPSA) is 52.0 Å². The second-order valence-corrected chi connectivity index (χ2v) is 4.46. The van der Waals surface area contributed by atoms with Gasteiger partial charge in [-0.3, -0.25) is 4.98 Å². The van der Waals surface area contributed by atoms with E-state index in [1.54, 1.807) is 6.20 Å². The Balaban J connectivity index is 2.51. The van der Waals surface area contributed by atoms with E-state index in [4.69, 9.17) is 10.2 Å². The predicted molar refractivity (Wildman–Crippen MR) is 67.9 cm³/mol. The molecule has 1 unspecified atom stereocenters. The zero-order valence-electron chi connectivity index (χ0n) is 10.7. The third-order valence-corrected chi connectivity index (χ3v) is 3.34. The van der Waals surface area contributed by atoms with Gasteiger partial charge in [0.15, 0.2) is 0 Å². The average molecular weight is 230 g/mol. The predicted octanol–water partition coefficient (Wildman–Crippen LogP) is 2.96. The Hall–Kier alpha value is -1.61. The molecule has 1 atom stereocenters. The fourth-order valence-electron chi connectivity index (χ4n) is 2.22. The summed E-state index contributed by atoms with van der Waals surface area (Å²) in [4.78, 5) is 4.15. The van der Waals surface area contributed by atoms with Crippen LogP contribution >= 0.6 is 0 Å². The molecule has 3 nitrogen and oxygen atoms in total. The molecule has 0 fully saturated rings. The van der Waals surface area contributed by atoms with Gasteiger partial charge in [-0.15, -0.1) is 0 Å². The molecule has 0 spiro atoms. The van der Waals surface area contributed by atoms with Gasteiger partial charge in [0.05, 0.1) is 6.04 Å². The van der Waals surface area contributed by atoms with Crippen LogP contribution in [0.25, 0.3) is 0 Å². The van der Waals surface area contributed by atoms with E-state index in [0.29, 0.717) is 0 Å². The summed E-state index contributed by atoms with van der Waals surface area (Å²) in [5.41, 5.74) is 10.8. The highest BCUT2D eigenvalue weighted by Crippen LogP contribution is 2.30. The first-order valence-corrected chi connectivity index (χ1v) is 5.75. The first-order valence-electron chi connectivity index (χ1n) is 5.75. The zero-order valence-corrected chi connectivity index (χ0v) is 10.7. The minimum absolute atomic E-state index is 0.166. The number of aryl methyl sites for hydroxylation is 3. The molecule has 0 saturated heterocycles. The van der Waals surface area contributed by atoms with Crippen molar-refractivity contribution in [1.29, 1.82) is 0 Å². The summed E-state index contributed by atoms with van der Waals surface area (Å²) in [6.07, 6.45) is 3.62. The molecule has 0 bridgehead atoms. The van der Waals surface area contributed by atoms with Crippen molar-refractivity contribution in [3.8, 4) is 0 Å². The van der Waals surface area contributed by atoms with Crippen LogP contribution in [0.15, 0.2) is 22.9 Å². The van der Waals surface area contributed by atoms with Crippen LogP contribution in [0.5, 0.6) is 0 Å². The van der Waals surface area contributed by atoms with E-state index < -0.39 is 0 Å². The third kappa shape index (κ3) is 1.98. The van der Waals surface area contributed by atoms with Crippen LogP contribution in [0.2, 0.25) is 0 Å². The molecular formula is C14H18N2O. The van der Waals surface area contributed by atoms with Gasteiger partial charge < -0.3 is 10.2 Å². The maximum absolute atomic E-state index is 6.33. The number of hydrogen-bond donors (Lipinski definition) is 1. The van der Waals surface area contributed by atoms with Gasteiger partial charge in [-0.05, 0) is 50.5 Å². The number of nitrogens with two attached hydrogens (primary N) is 1. The van der Waals surface area contributed by atoms with Crippen LogP contribution in [-0.4, -0.2) is 4.98 Å². The first-order chi connectivity index (χ1) is 8.02. The van der Waals surface area contributed by atoms with Crippen molar-refractivity contribution in [2.45, 2.75) is 33.7 Å². The Kier molecular flexibility index (Phi) is 3.03. The van der Waals surface area contributed by atoms with E-state index in [1.807, 2.05) is 33.0 Å². The SMILES string of the molecule is Cc1ccncc1C(N)c1c(C)oc(C)c1C. The van der Waals surface area contributed by atoms with Gasteiger partial charge in [-0.2, -0.15) is 0 Å². The van der Waals surface area contributed by atoms with E-state index in [1.165, 1.54) is 0 Å². The van der Waals surface area contributed by atoms with Crippen LogP contribution in [0, 0.1) is 27.7 Å². The summed E-state index contributed by atoms with van der Waals surface area (Å²) in [5, 5.41) is 0. The van der Waals surface area contributed by atoms with Crippen LogP contribution in [0.4, 0.5) is 0 Å². The van der Waals surface area contributed by atoms with Crippen LogP contribution in [-0.2, 0) is 0 Å². The van der Waals surface area contributed by atoms with Crippen LogP contribution < -0.4 is 5.73 Å². The molecule has 0 aromatic carbocycles. The fourth-order valence-corrected chi connectivity index (χ4v) is 2.22. The van der Waals surface area contributed by atoms with Gasteiger partial charge in [-0.25, -0.2) is 0 Å². The van der Waals surface area contributed by atoms with Crippen LogP contribution in [0.1, 0.15) is 39.8 Å². The summed E-state index contributed by atoms with van der Waals surface area (Å²) < 4.78 is 5.63. The Morgan fingerprint density at radius 1 is 1.18 bits per heavy atom. The summed E-state index contributed by atoms with van der Waals surface area (Å²) in [6.45, 7) is 8.02. The molecule has 2 rings (SSSR count). The molecule has 0 amide bonds. The lowest BCUT2D eigenvalue weighted by molar-refractivity contribution is 0.498. The highest BCUT2D eigenvalue weighted by molar-refractivity contribution is 5.41. The molecule has 90 valence electrons. The summed E-state index contributed by atoms with van der Waals surface area (Å²) in [5.74, 6) is 1.84. The van der Waals surface area contributed by atoms with Crippen molar-refractivity contribution in [1.82, 2.24) is 4.98 Å². The highest BCUT2D eigenvalue weighted by atomic mass is 16.3. The number of nitrogens with zero attached hydrogens (tertiary/aromatic N) is 1.